The number of hydrogen-bond donors (Lipinski definition) is 1. The summed E-state index contributed by atoms with van der Waals surface area (Å²) < 4.78 is 19.3. The van der Waals surface area contributed by atoms with Crippen LogP contribution in [0.1, 0.15) is 30.5 Å². The lowest BCUT2D eigenvalue weighted by Crippen LogP contribution is -2.27. The average Bonchev–Trinajstić information content (AvgIpc) is 2.60. The summed E-state index contributed by atoms with van der Waals surface area (Å²) in [5, 5.41) is 3.48. The van der Waals surface area contributed by atoms with Crippen molar-refractivity contribution < 1.29 is 9.13 Å². The van der Waals surface area contributed by atoms with Crippen molar-refractivity contribution in [3.8, 4) is 5.75 Å². The third kappa shape index (κ3) is 3.45. The van der Waals surface area contributed by atoms with E-state index in [1.54, 1.807) is 6.07 Å². The topological polar surface area (TPSA) is 37.4 Å². The van der Waals surface area contributed by atoms with Crippen LogP contribution in [0.25, 0.3) is 0 Å². The van der Waals surface area contributed by atoms with E-state index in [4.69, 9.17) is 4.74 Å². The van der Waals surface area contributed by atoms with Gasteiger partial charge in [0, 0.05) is 44.4 Å². The molecule has 0 saturated carbocycles. The smallest absolute Gasteiger partial charge is 0.165 e. The minimum atomic E-state index is -0.289. The lowest BCUT2D eigenvalue weighted by molar-refractivity contribution is 0.240. The Hall–Kier alpha value is -2.14. The normalized spacial score (nSPS) is 16.6. The number of aromatic nitrogens is 1. The number of pyridine rings is 1. The van der Waals surface area contributed by atoms with E-state index in [-0.39, 0.29) is 11.9 Å². The van der Waals surface area contributed by atoms with Gasteiger partial charge in [-0.05, 0) is 24.6 Å². The molecule has 4 nitrogen and oxygen atoms in total. The van der Waals surface area contributed by atoms with Crippen LogP contribution in [0.15, 0.2) is 36.5 Å². The van der Waals surface area contributed by atoms with E-state index in [2.05, 4.69) is 28.2 Å². The number of hydrogen-bond acceptors (Lipinski definition) is 4. The van der Waals surface area contributed by atoms with Gasteiger partial charge in [0.2, 0.25) is 0 Å². The third-order valence-electron chi connectivity index (χ3n) is 4.25. The van der Waals surface area contributed by atoms with Gasteiger partial charge in [0.1, 0.15) is 5.82 Å². The van der Waals surface area contributed by atoms with Crippen LogP contribution in [0.3, 0.4) is 0 Å². The molecule has 1 N–H and O–H groups in total. The number of halogens is 1. The maximum absolute atomic E-state index is 13.8. The number of nitrogens with one attached hydrogen (secondary N) is 1. The predicted molar refractivity (Wildman–Crippen MR) is 89.3 cm³/mol. The van der Waals surface area contributed by atoms with Crippen molar-refractivity contribution in [1.82, 2.24) is 10.3 Å². The summed E-state index contributed by atoms with van der Waals surface area (Å²) >= 11 is 0. The largest absolute Gasteiger partial charge is 0.490 e. The third-order valence-corrected chi connectivity index (χ3v) is 4.25. The predicted octanol–water partition coefficient (Wildman–Crippen LogP) is 3.29. The molecule has 1 aromatic heterocycles. The highest BCUT2D eigenvalue weighted by atomic mass is 19.1. The highest BCUT2D eigenvalue weighted by Gasteiger charge is 2.23. The number of ether oxygens (including phenoxy) is 1. The fourth-order valence-corrected chi connectivity index (χ4v) is 2.75. The molecule has 2 heterocycles. The van der Waals surface area contributed by atoms with Gasteiger partial charge in [-0.1, -0.05) is 18.2 Å². The summed E-state index contributed by atoms with van der Waals surface area (Å²) in [6.07, 6.45) is 2.72. The Bertz CT molecular complexity index is 660. The summed E-state index contributed by atoms with van der Waals surface area (Å²) in [6, 6.07) is 9.30. The first-order valence-corrected chi connectivity index (χ1v) is 7.99. The van der Waals surface area contributed by atoms with Gasteiger partial charge < -0.3 is 15.0 Å². The molecule has 0 fully saturated rings. The molecule has 1 aliphatic rings. The van der Waals surface area contributed by atoms with Gasteiger partial charge in [0.15, 0.2) is 11.6 Å². The van der Waals surface area contributed by atoms with Crippen LogP contribution in [0.2, 0.25) is 0 Å². The SMILES string of the molecule is CCN(C)c1ccc(CN[C@H]2CCOc3c(F)cccc32)cn1. The zero-order valence-electron chi connectivity index (χ0n) is 13.6. The molecule has 0 unspecified atom stereocenters. The van der Waals surface area contributed by atoms with Crippen molar-refractivity contribution in [3.63, 3.8) is 0 Å². The minimum Gasteiger partial charge on any atom is -0.490 e. The van der Waals surface area contributed by atoms with E-state index in [1.165, 1.54) is 6.07 Å². The van der Waals surface area contributed by atoms with Crippen LogP contribution < -0.4 is 15.0 Å². The second-order valence-corrected chi connectivity index (χ2v) is 5.77. The second-order valence-electron chi connectivity index (χ2n) is 5.77. The number of para-hydroxylation sites is 1. The maximum atomic E-state index is 13.8. The van der Waals surface area contributed by atoms with E-state index in [9.17, 15) is 4.39 Å². The van der Waals surface area contributed by atoms with Gasteiger partial charge in [-0.2, -0.15) is 0 Å². The minimum absolute atomic E-state index is 0.104. The first-order chi connectivity index (χ1) is 11.2. The second kappa shape index (κ2) is 6.96. The van der Waals surface area contributed by atoms with Crippen molar-refractivity contribution in [2.75, 3.05) is 25.1 Å². The van der Waals surface area contributed by atoms with E-state index >= 15 is 0 Å². The van der Waals surface area contributed by atoms with Crippen LogP contribution in [0.5, 0.6) is 5.75 Å². The Balaban J connectivity index is 1.67. The number of anilines is 1. The first-order valence-electron chi connectivity index (χ1n) is 7.99. The van der Waals surface area contributed by atoms with Crippen molar-refractivity contribution >= 4 is 5.82 Å². The molecule has 0 radical (unpaired) electrons. The summed E-state index contributed by atoms with van der Waals surface area (Å²) in [5.41, 5.74) is 2.01. The number of rotatable bonds is 5. The van der Waals surface area contributed by atoms with Gasteiger partial charge >= 0.3 is 0 Å². The van der Waals surface area contributed by atoms with Crippen molar-refractivity contribution in [3.05, 3.63) is 53.5 Å². The van der Waals surface area contributed by atoms with Crippen LogP contribution in [-0.2, 0) is 6.54 Å². The summed E-state index contributed by atoms with van der Waals surface area (Å²) in [5.74, 6) is 1.06. The molecular formula is C18H22FN3O. The molecule has 1 aliphatic heterocycles. The fraction of sp³-hybridized carbons (Fsp3) is 0.389. The lowest BCUT2D eigenvalue weighted by Gasteiger charge is -2.27. The molecule has 23 heavy (non-hydrogen) atoms. The Labute approximate surface area is 136 Å². The Morgan fingerprint density at radius 3 is 2.96 bits per heavy atom. The molecule has 2 aromatic rings. The van der Waals surface area contributed by atoms with Gasteiger partial charge in [-0.15, -0.1) is 0 Å². The highest BCUT2D eigenvalue weighted by molar-refractivity contribution is 5.40. The fourth-order valence-electron chi connectivity index (χ4n) is 2.75. The summed E-state index contributed by atoms with van der Waals surface area (Å²) in [6.45, 7) is 4.25. The van der Waals surface area contributed by atoms with Crippen molar-refractivity contribution in [1.29, 1.82) is 0 Å². The summed E-state index contributed by atoms with van der Waals surface area (Å²) in [4.78, 5) is 6.56. The molecule has 0 bridgehead atoms. The molecule has 122 valence electrons. The standard InChI is InChI=1S/C18H22FN3O/c1-3-22(2)17-8-7-13(12-21-17)11-20-16-9-10-23-18-14(16)5-4-6-15(18)19/h4-8,12,16,20H,3,9-11H2,1-2H3/t16-/m0/s1. The number of nitrogens with zero attached hydrogens (tertiary/aromatic N) is 2. The lowest BCUT2D eigenvalue weighted by atomic mass is 10.00. The molecule has 1 atom stereocenters. The Kier molecular flexibility index (Phi) is 4.76. The quantitative estimate of drug-likeness (QED) is 0.919. The zero-order valence-corrected chi connectivity index (χ0v) is 13.6. The molecule has 3 rings (SSSR count). The van der Waals surface area contributed by atoms with Gasteiger partial charge in [-0.25, -0.2) is 9.37 Å². The molecular weight excluding hydrogens is 293 g/mol. The van der Waals surface area contributed by atoms with Crippen LogP contribution >= 0.6 is 0 Å². The van der Waals surface area contributed by atoms with E-state index < -0.39 is 0 Å². The van der Waals surface area contributed by atoms with Gasteiger partial charge in [0.05, 0.1) is 6.61 Å². The zero-order chi connectivity index (χ0) is 16.2. The molecule has 0 amide bonds. The summed E-state index contributed by atoms with van der Waals surface area (Å²) in [7, 11) is 2.02. The Morgan fingerprint density at radius 2 is 2.22 bits per heavy atom. The van der Waals surface area contributed by atoms with Gasteiger partial charge in [-0.3, -0.25) is 0 Å². The van der Waals surface area contributed by atoms with Gasteiger partial charge in [0.25, 0.3) is 0 Å². The van der Waals surface area contributed by atoms with Crippen molar-refractivity contribution in [2.45, 2.75) is 25.9 Å². The highest BCUT2D eigenvalue weighted by Crippen LogP contribution is 2.34. The first kappa shape index (κ1) is 15.7. The van der Waals surface area contributed by atoms with E-state index in [0.717, 1.165) is 29.9 Å². The van der Waals surface area contributed by atoms with Crippen LogP contribution in [0.4, 0.5) is 10.2 Å². The van der Waals surface area contributed by atoms with E-state index in [1.807, 2.05) is 25.4 Å². The molecule has 0 aliphatic carbocycles. The number of fused-ring (bicyclic) bond motifs is 1. The van der Waals surface area contributed by atoms with Crippen LogP contribution in [-0.4, -0.2) is 25.2 Å². The Morgan fingerprint density at radius 1 is 1.35 bits per heavy atom. The number of benzene rings is 1. The monoisotopic (exact) mass is 315 g/mol. The molecule has 5 heteroatoms. The van der Waals surface area contributed by atoms with Crippen LogP contribution in [0, 0.1) is 5.82 Å². The van der Waals surface area contributed by atoms with E-state index in [0.29, 0.717) is 18.9 Å². The van der Waals surface area contributed by atoms with Crippen molar-refractivity contribution in [2.24, 2.45) is 0 Å². The maximum Gasteiger partial charge on any atom is 0.165 e. The molecule has 0 spiro atoms. The average molecular weight is 315 g/mol. The molecule has 1 aromatic carbocycles. The molecule has 0 saturated heterocycles.